The van der Waals surface area contributed by atoms with Crippen molar-refractivity contribution in [3.63, 3.8) is 0 Å². The number of anilines is 1. The average molecular weight is 413 g/mol. The lowest BCUT2D eigenvalue weighted by molar-refractivity contribution is 0.305. The number of hydrogen-bond acceptors (Lipinski definition) is 4. The second-order valence-corrected chi connectivity index (χ2v) is 8.38. The molecule has 0 radical (unpaired) electrons. The Labute approximate surface area is 168 Å². The van der Waals surface area contributed by atoms with Crippen molar-refractivity contribution in [2.45, 2.75) is 18.4 Å². The van der Waals surface area contributed by atoms with Crippen LogP contribution >= 0.6 is 11.6 Å². The van der Waals surface area contributed by atoms with Gasteiger partial charge in [-0.3, -0.25) is 0 Å². The molecule has 0 fully saturated rings. The molecule has 3 aromatic rings. The Hall–Kier alpha value is -2.83. The van der Waals surface area contributed by atoms with Gasteiger partial charge in [-0.25, -0.2) is 0 Å². The predicted octanol–water partition coefficient (Wildman–Crippen LogP) is 4.79. The van der Waals surface area contributed by atoms with Crippen LogP contribution in [0.3, 0.4) is 0 Å². The first-order chi connectivity index (χ1) is 13.4. The third kappa shape index (κ3) is 3.61. The summed E-state index contributed by atoms with van der Waals surface area (Å²) >= 11 is 6.37. The lowest BCUT2D eigenvalue weighted by atomic mass is 10.1. The normalized spacial score (nSPS) is 14.6. The number of nitrogens with one attached hydrogen (secondary N) is 1. The van der Waals surface area contributed by atoms with Gasteiger partial charge in [-0.05, 0) is 48.4 Å². The lowest BCUT2D eigenvalue weighted by Crippen LogP contribution is -2.22. The Kier molecular flexibility index (Phi) is 4.83. The first-order valence-electron chi connectivity index (χ1n) is 8.62. The van der Waals surface area contributed by atoms with Gasteiger partial charge in [0, 0.05) is 5.56 Å². The fourth-order valence-corrected chi connectivity index (χ4v) is 4.30. The molecule has 28 heavy (non-hydrogen) atoms. The zero-order valence-electron chi connectivity index (χ0n) is 15.0. The molecule has 0 aromatic heterocycles. The average Bonchev–Trinajstić information content (AvgIpc) is 2.67. The van der Waals surface area contributed by atoms with E-state index >= 15 is 0 Å². The predicted molar refractivity (Wildman–Crippen MR) is 111 cm³/mol. The molecule has 3 aromatic carbocycles. The van der Waals surface area contributed by atoms with Crippen LogP contribution in [0.15, 0.2) is 76.0 Å². The quantitative estimate of drug-likeness (QED) is 0.669. The minimum atomic E-state index is -3.76. The third-order valence-corrected chi connectivity index (χ3v) is 6.11. The largest absolute Gasteiger partial charge is 0.487 e. The molecular weight excluding hydrogens is 396 g/mol. The summed E-state index contributed by atoms with van der Waals surface area (Å²) in [6.07, 6.45) is 0. The Morgan fingerprint density at radius 1 is 1.04 bits per heavy atom. The van der Waals surface area contributed by atoms with Crippen LogP contribution in [0.2, 0.25) is 5.02 Å². The minimum absolute atomic E-state index is 0.156. The molecule has 0 atom stereocenters. The number of amidine groups is 1. The van der Waals surface area contributed by atoms with E-state index in [0.29, 0.717) is 28.6 Å². The lowest BCUT2D eigenvalue weighted by Gasteiger charge is -2.18. The first kappa shape index (κ1) is 18.5. The summed E-state index contributed by atoms with van der Waals surface area (Å²) in [5.41, 5.74) is 3.26. The van der Waals surface area contributed by atoms with Gasteiger partial charge in [0.2, 0.25) is 0 Å². The number of para-hydroxylation sites is 1. The standard InChI is InChI=1S/C21H17ClN2O3S/c1-14-6-2-3-7-16(14)13-27-19-11-10-15(12-17(19)22)21-23-18-8-4-5-9-20(18)28(25,26)24-21/h2-12H,13H2,1H3,(H,23,24). The maximum absolute atomic E-state index is 12.4. The Bertz CT molecular complexity index is 1190. The second-order valence-electron chi connectivity index (χ2n) is 6.40. The summed E-state index contributed by atoms with van der Waals surface area (Å²) in [4.78, 5) is 0.156. The van der Waals surface area contributed by atoms with E-state index in [-0.39, 0.29) is 10.7 Å². The van der Waals surface area contributed by atoms with Gasteiger partial charge in [-0.15, -0.1) is 4.40 Å². The Balaban J connectivity index is 1.59. The van der Waals surface area contributed by atoms with Crippen molar-refractivity contribution < 1.29 is 13.2 Å². The van der Waals surface area contributed by atoms with Gasteiger partial charge in [0.25, 0.3) is 10.0 Å². The fourth-order valence-electron chi connectivity index (χ4n) is 2.93. The van der Waals surface area contributed by atoms with Crippen LogP contribution in [-0.4, -0.2) is 14.3 Å². The van der Waals surface area contributed by atoms with E-state index < -0.39 is 10.0 Å². The van der Waals surface area contributed by atoms with Crippen LogP contribution in [0.4, 0.5) is 5.69 Å². The molecule has 0 saturated heterocycles. The molecular formula is C21H17ClN2O3S. The number of hydrogen-bond donors (Lipinski definition) is 1. The highest BCUT2D eigenvalue weighted by molar-refractivity contribution is 7.90. The van der Waals surface area contributed by atoms with E-state index in [0.717, 1.165) is 11.1 Å². The van der Waals surface area contributed by atoms with Crippen LogP contribution in [0.1, 0.15) is 16.7 Å². The molecule has 5 nitrogen and oxygen atoms in total. The molecule has 0 saturated carbocycles. The topological polar surface area (TPSA) is 67.8 Å². The smallest absolute Gasteiger partial charge is 0.286 e. The highest BCUT2D eigenvalue weighted by Crippen LogP contribution is 2.31. The number of rotatable bonds is 4. The second kappa shape index (κ2) is 7.30. The first-order valence-corrected chi connectivity index (χ1v) is 10.4. The molecule has 0 unspecified atom stereocenters. The van der Waals surface area contributed by atoms with Gasteiger partial charge in [0.1, 0.15) is 17.3 Å². The van der Waals surface area contributed by atoms with E-state index in [1.807, 2.05) is 31.2 Å². The van der Waals surface area contributed by atoms with E-state index in [2.05, 4.69) is 9.71 Å². The number of sulfonamides is 1. The van der Waals surface area contributed by atoms with Gasteiger partial charge in [0.05, 0.1) is 10.7 Å². The van der Waals surface area contributed by atoms with Crippen molar-refractivity contribution >= 4 is 33.1 Å². The SMILES string of the molecule is Cc1ccccc1COc1ccc(C2=NS(=O)(=O)c3ccccc3N2)cc1Cl. The number of benzene rings is 3. The minimum Gasteiger partial charge on any atom is -0.487 e. The molecule has 0 amide bonds. The number of nitrogens with zero attached hydrogens (tertiary/aromatic N) is 1. The number of aryl methyl sites for hydroxylation is 1. The van der Waals surface area contributed by atoms with Gasteiger partial charge in [-0.1, -0.05) is 48.0 Å². The molecule has 1 aliphatic heterocycles. The van der Waals surface area contributed by atoms with Gasteiger partial charge < -0.3 is 10.1 Å². The molecule has 4 rings (SSSR count). The van der Waals surface area contributed by atoms with Crippen molar-refractivity contribution in [2.24, 2.45) is 4.40 Å². The van der Waals surface area contributed by atoms with E-state index in [1.165, 1.54) is 6.07 Å². The fraction of sp³-hybridized carbons (Fsp3) is 0.0952. The van der Waals surface area contributed by atoms with Crippen LogP contribution in [-0.2, 0) is 16.6 Å². The molecule has 0 aliphatic carbocycles. The Morgan fingerprint density at radius 2 is 1.79 bits per heavy atom. The van der Waals surface area contributed by atoms with Gasteiger partial charge in [-0.2, -0.15) is 8.42 Å². The van der Waals surface area contributed by atoms with Crippen LogP contribution < -0.4 is 10.1 Å². The van der Waals surface area contributed by atoms with Crippen molar-refractivity contribution in [1.82, 2.24) is 0 Å². The zero-order chi connectivity index (χ0) is 19.7. The van der Waals surface area contributed by atoms with Crippen molar-refractivity contribution in [3.05, 3.63) is 88.4 Å². The summed E-state index contributed by atoms with van der Waals surface area (Å²) in [7, 11) is -3.76. The number of ether oxygens (including phenoxy) is 1. The monoisotopic (exact) mass is 412 g/mol. The molecule has 142 valence electrons. The highest BCUT2D eigenvalue weighted by Gasteiger charge is 2.25. The molecule has 7 heteroatoms. The van der Waals surface area contributed by atoms with Crippen LogP contribution in [0.25, 0.3) is 0 Å². The zero-order valence-corrected chi connectivity index (χ0v) is 16.6. The van der Waals surface area contributed by atoms with Crippen LogP contribution in [0.5, 0.6) is 5.75 Å². The van der Waals surface area contributed by atoms with Gasteiger partial charge >= 0.3 is 0 Å². The molecule has 0 spiro atoms. The van der Waals surface area contributed by atoms with E-state index in [1.54, 1.807) is 36.4 Å². The molecule has 0 bridgehead atoms. The summed E-state index contributed by atoms with van der Waals surface area (Å²) < 4.78 is 34.5. The van der Waals surface area contributed by atoms with Crippen LogP contribution in [0, 0.1) is 6.92 Å². The number of halogens is 1. The maximum Gasteiger partial charge on any atom is 0.286 e. The van der Waals surface area contributed by atoms with Crippen molar-refractivity contribution in [2.75, 3.05) is 5.32 Å². The maximum atomic E-state index is 12.4. The van der Waals surface area contributed by atoms with Crippen molar-refractivity contribution in [1.29, 1.82) is 0 Å². The molecule has 1 aliphatic rings. The summed E-state index contributed by atoms with van der Waals surface area (Å²) in [6, 6.07) is 19.7. The molecule has 1 N–H and O–H groups in total. The highest BCUT2D eigenvalue weighted by atomic mass is 35.5. The third-order valence-electron chi connectivity index (χ3n) is 4.48. The summed E-state index contributed by atoms with van der Waals surface area (Å²) in [6.45, 7) is 2.42. The Morgan fingerprint density at radius 3 is 2.57 bits per heavy atom. The van der Waals surface area contributed by atoms with E-state index in [9.17, 15) is 8.42 Å². The number of fused-ring (bicyclic) bond motifs is 1. The molecule has 1 heterocycles. The van der Waals surface area contributed by atoms with Crippen molar-refractivity contribution in [3.8, 4) is 5.75 Å². The summed E-state index contributed by atoms with van der Waals surface area (Å²) in [5.74, 6) is 0.749. The van der Waals surface area contributed by atoms with E-state index in [4.69, 9.17) is 16.3 Å². The summed E-state index contributed by atoms with van der Waals surface area (Å²) in [5, 5.41) is 3.43. The van der Waals surface area contributed by atoms with Gasteiger partial charge in [0.15, 0.2) is 5.84 Å².